The van der Waals surface area contributed by atoms with Crippen molar-refractivity contribution in [2.45, 2.75) is 13.1 Å². The van der Waals surface area contributed by atoms with Crippen molar-refractivity contribution in [1.82, 2.24) is 5.32 Å². The van der Waals surface area contributed by atoms with Crippen molar-refractivity contribution in [2.75, 3.05) is 0 Å². The van der Waals surface area contributed by atoms with E-state index in [1.54, 1.807) is 6.07 Å². The van der Waals surface area contributed by atoms with Gasteiger partial charge in [0.2, 0.25) is 0 Å². The highest BCUT2D eigenvalue weighted by atomic mass is 79.9. The van der Waals surface area contributed by atoms with Crippen LogP contribution in [-0.4, -0.2) is 0 Å². The predicted molar refractivity (Wildman–Crippen MR) is 76.1 cm³/mol. The van der Waals surface area contributed by atoms with E-state index < -0.39 is 0 Å². The Balaban J connectivity index is 1.92. The zero-order valence-electron chi connectivity index (χ0n) is 9.59. The number of nitrogens with one attached hydrogen (secondary N) is 1. The molecule has 1 N–H and O–H groups in total. The first-order valence-corrected chi connectivity index (χ1v) is 6.72. The summed E-state index contributed by atoms with van der Waals surface area (Å²) in [5.74, 6) is -0.378. The van der Waals surface area contributed by atoms with Crippen molar-refractivity contribution in [3.05, 3.63) is 68.9 Å². The van der Waals surface area contributed by atoms with Gasteiger partial charge >= 0.3 is 0 Å². The summed E-state index contributed by atoms with van der Waals surface area (Å²) in [6, 6.07) is 12.9. The summed E-state index contributed by atoms with van der Waals surface area (Å²) in [4.78, 5) is 0. The highest BCUT2D eigenvalue weighted by molar-refractivity contribution is 9.10. The van der Waals surface area contributed by atoms with Crippen molar-refractivity contribution in [3.8, 4) is 0 Å². The first-order chi connectivity index (χ1) is 8.66. The molecule has 94 valence electrons. The average molecular weight is 329 g/mol. The summed E-state index contributed by atoms with van der Waals surface area (Å²) in [7, 11) is 0. The Morgan fingerprint density at radius 1 is 1.11 bits per heavy atom. The fourth-order valence-electron chi connectivity index (χ4n) is 1.63. The topological polar surface area (TPSA) is 12.0 Å². The summed E-state index contributed by atoms with van der Waals surface area (Å²) >= 11 is 9.12. The van der Waals surface area contributed by atoms with E-state index in [0.29, 0.717) is 6.54 Å². The molecule has 4 heteroatoms. The molecule has 0 amide bonds. The van der Waals surface area contributed by atoms with E-state index in [1.807, 2.05) is 30.3 Å². The SMILES string of the molecule is Fc1cc(CNCc2ccccc2Br)ccc1Cl. The Labute approximate surface area is 119 Å². The van der Waals surface area contributed by atoms with E-state index in [4.69, 9.17) is 11.6 Å². The predicted octanol–water partition coefficient (Wildman–Crippen LogP) is 4.53. The van der Waals surface area contributed by atoms with Crippen LogP contribution in [0.5, 0.6) is 0 Å². The van der Waals surface area contributed by atoms with Crippen LogP contribution in [0.2, 0.25) is 5.02 Å². The Hall–Kier alpha value is -0.900. The van der Waals surface area contributed by atoms with Crippen molar-refractivity contribution < 1.29 is 4.39 Å². The van der Waals surface area contributed by atoms with Crippen LogP contribution in [0.3, 0.4) is 0 Å². The number of hydrogen-bond acceptors (Lipinski definition) is 1. The smallest absolute Gasteiger partial charge is 0.142 e. The molecule has 0 saturated carbocycles. The lowest BCUT2D eigenvalue weighted by Gasteiger charge is -2.07. The van der Waals surface area contributed by atoms with Gasteiger partial charge in [0.1, 0.15) is 5.82 Å². The van der Waals surface area contributed by atoms with Gasteiger partial charge in [-0.15, -0.1) is 0 Å². The minimum atomic E-state index is -0.378. The molecule has 0 spiro atoms. The van der Waals surface area contributed by atoms with Crippen molar-refractivity contribution in [3.63, 3.8) is 0 Å². The third-order valence-corrected chi connectivity index (χ3v) is 3.67. The lowest BCUT2D eigenvalue weighted by atomic mass is 10.2. The van der Waals surface area contributed by atoms with E-state index in [0.717, 1.165) is 16.6 Å². The van der Waals surface area contributed by atoms with Crippen LogP contribution in [0.25, 0.3) is 0 Å². The Morgan fingerprint density at radius 2 is 1.89 bits per heavy atom. The lowest BCUT2D eigenvalue weighted by molar-refractivity contribution is 0.620. The lowest BCUT2D eigenvalue weighted by Crippen LogP contribution is -2.13. The van der Waals surface area contributed by atoms with Crippen LogP contribution in [0.1, 0.15) is 11.1 Å². The molecule has 0 bridgehead atoms. The van der Waals surface area contributed by atoms with E-state index in [9.17, 15) is 4.39 Å². The Morgan fingerprint density at radius 3 is 2.61 bits per heavy atom. The monoisotopic (exact) mass is 327 g/mol. The normalized spacial score (nSPS) is 10.6. The number of halogens is 3. The van der Waals surface area contributed by atoms with Gasteiger partial charge in [-0.3, -0.25) is 0 Å². The van der Waals surface area contributed by atoms with Crippen LogP contribution in [0, 0.1) is 5.82 Å². The molecule has 0 aliphatic carbocycles. The van der Waals surface area contributed by atoms with Gasteiger partial charge in [-0.2, -0.15) is 0 Å². The zero-order chi connectivity index (χ0) is 13.0. The first-order valence-electron chi connectivity index (χ1n) is 5.55. The number of benzene rings is 2. The summed E-state index contributed by atoms with van der Waals surface area (Å²) in [6.45, 7) is 1.33. The third-order valence-electron chi connectivity index (χ3n) is 2.59. The van der Waals surface area contributed by atoms with Gasteiger partial charge < -0.3 is 5.32 Å². The van der Waals surface area contributed by atoms with Gasteiger partial charge in [-0.05, 0) is 29.3 Å². The van der Waals surface area contributed by atoms with Crippen LogP contribution in [0.15, 0.2) is 46.9 Å². The van der Waals surface area contributed by atoms with Crippen LogP contribution >= 0.6 is 27.5 Å². The Bertz CT molecular complexity index is 545. The van der Waals surface area contributed by atoms with Crippen LogP contribution in [0.4, 0.5) is 4.39 Å². The number of hydrogen-bond donors (Lipinski definition) is 1. The largest absolute Gasteiger partial charge is 0.309 e. The summed E-state index contributed by atoms with van der Waals surface area (Å²) < 4.78 is 14.3. The molecule has 0 radical (unpaired) electrons. The van der Waals surface area contributed by atoms with Crippen molar-refractivity contribution >= 4 is 27.5 Å². The molecular weight excluding hydrogens is 317 g/mol. The van der Waals surface area contributed by atoms with Gasteiger partial charge in [0.05, 0.1) is 5.02 Å². The molecule has 0 unspecified atom stereocenters. The first kappa shape index (κ1) is 13.5. The molecule has 0 fully saturated rings. The van der Waals surface area contributed by atoms with Gasteiger partial charge in [-0.1, -0.05) is 51.8 Å². The van der Waals surface area contributed by atoms with Crippen molar-refractivity contribution in [1.29, 1.82) is 0 Å². The second kappa shape index (κ2) is 6.32. The maximum Gasteiger partial charge on any atom is 0.142 e. The van der Waals surface area contributed by atoms with Gasteiger partial charge in [0.25, 0.3) is 0 Å². The van der Waals surface area contributed by atoms with E-state index in [1.165, 1.54) is 11.6 Å². The quantitative estimate of drug-likeness (QED) is 0.869. The van der Waals surface area contributed by atoms with Gasteiger partial charge in [0.15, 0.2) is 0 Å². The minimum Gasteiger partial charge on any atom is -0.309 e. The molecular formula is C14H12BrClFN. The molecule has 2 rings (SSSR count). The average Bonchev–Trinajstić information content (AvgIpc) is 2.36. The third kappa shape index (κ3) is 3.55. The Kier molecular flexibility index (Phi) is 4.75. The van der Waals surface area contributed by atoms with E-state index in [2.05, 4.69) is 21.2 Å². The summed E-state index contributed by atoms with van der Waals surface area (Å²) in [6.07, 6.45) is 0. The second-order valence-corrected chi connectivity index (χ2v) is 5.20. The number of rotatable bonds is 4. The van der Waals surface area contributed by atoms with Crippen LogP contribution < -0.4 is 5.32 Å². The molecule has 2 aromatic rings. The van der Waals surface area contributed by atoms with Crippen molar-refractivity contribution in [2.24, 2.45) is 0 Å². The standard InChI is InChI=1S/C14H12BrClFN/c15-12-4-2-1-3-11(12)9-18-8-10-5-6-13(16)14(17)7-10/h1-7,18H,8-9H2. The summed E-state index contributed by atoms with van der Waals surface area (Å²) in [5, 5.41) is 3.42. The van der Waals surface area contributed by atoms with E-state index >= 15 is 0 Å². The van der Waals surface area contributed by atoms with Crippen LogP contribution in [-0.2, 0) is 13.1 Å². The maximum atomic E-state index is 13.2. The molecule has 0 aromatic heterocycles. The molecule has 0 heterocycles. The fraction of sp³-hybridized carbons (Fsp3) is 0.143. The molecule has 0 aliphatic heterocycles. The minimum absolute atomic E-state index is 0.157. The molecule has 0 saturated heterocycles. The second-order valence-electron chi connectivity index (χ2n) is 3.94. The molecule has 1 nitrogen and oxygen atoms in total. The summed E-state index contributed by atoms with van der Waals surface area (Å²) in [5.41, 5.74) is 2.05. The van der Waals surface area contributed by atoms with E-state index in [-0.39, 0.29) is 10.8 Å². The van der Waals surface area contributed by atoms with Gasteiger partial charge in [-0.25, -0.2) is 4.39 Å². The molecule has 2 aromatic carbocycles. The molecule has 18 heavy (non-hydrogen) atoms. The van der Waals surface area contributed by atoms with Gasteiger partial charge in [0, 0.05) is 17.6 Å². The highest BCUT2D eigenvalue weighted by Gasteiger charge is 2.02. The molecule has 0 atom stereocenters. The molecule has 0 aliphatic rings. The highest BCUT2D eigenvalue weighted by Crippen LogP contribution is 2.17. The zero-order valence-corrected chi connectivity index (χ0v) is 11.9. The fourth-order valence-corrected chi connectivity index (χ4v) is 2.18. The maximum absolute atomic E-state index is 13.2.